The number of phenols is 1. The molecule has 3 N–H and O–H groups in total. The van der Waals surface area contributed by atoms with Gasteiger partial charge >= 0.3 is 0 Å². The van der Waals surface area contributed by atoms with Crippen LogP contribution >= 0.6 is 0 Å². The topological polar surface area (TPSA) is 69.6 Å². The van der Waals surface area contributed by atoms with Crippen molar-refractivity contribution in [1.29, 1.82) is 0 Å². The average Bonchev–Trinajstić information content (AvgIpc) is 2.30. The fourth-order valence-electron chi connectivity index (χ4n) is 1.50. The van der Waals surface area contributed by atoms with Crippen molar-refractivity contribution in [2.75, 3.05) is 6.54 Å². The van der Waals surface area contributed by atoms with E-state index in [0.29, 0.717) is 12.0 Å². The lowest BCUT2D eigenvalue weighted by Crippen LogP contribution is -2.31. The molecule has 1 atom stereocenters. The highest BCUT2D eigenvalue weighted by Crippen LogP contribution is 2.17. The summed E-state index contributed by atoms with van der Waals surface area (Å²) >= 11 is 0. The van der Waals surface area contributed by atoms with Gasteiger partial charge in [-0.15, -0.1) is 0 Å². The number of carbonyl (C=O) groups is 1. The van der Waals surface area contributed by atoms with Crippen molar-refractivity contribution in [1.82, 2.24) is 5.32 Å². The second kappa shape index (κ2) is 6.25. The third-order valence-corrected chi connectivity index (χ3v) is 2.59. The summed E-state index contributed by atoms with van der Waals surface area (Å²) in [6, 6.07) is 4.76. The minimum Gasteiger partial charge on any atom is -0.508 e. The van der Waals surface area contributed by atoms with Crippen LogP contribution in [0.25, 0.3) is 0 Å². The van der Waals surface area contributed by atoms with E-state index < -0.39 is 6.10 Å². The maximum Gasteiger partial charge on any atom is 0.251 e. The van der Waals surface area contributed by atoms with Gasteiger partial charge in [0.25, 0.3) is 5.91 Å². The number of rotatable bonds is 5. The second-order valence-corrected chi connectivity index (χ2v) is 4.15. The zero-order chi connectivity index (χ0) is 12.8. The summed E-state index contributed by atoms with van der Waals surface area (Å²) in [6.07, 6.45) is 1.03. The van der Waals surface area contributed by atoms with Gasteiger partial charge in [-0.05, 0) is 31.0 Å². The molecule has 17 heavy (non-hydrogen) atoms. The molecule has 0 aliphatic rings. The number of hydrogen-bond donors (Lipinski definition) is 3. The number of aromatic hydroxyl groups is 1. The molecule has 94 valence electrons. The molecule has 1 aromatic carbocycles. The van der Waals surface area contributed by atoms with Crippen molar-refractivity contribution in [3.63, 3.8) is 0 Å². The number of amides is 1. The summed E-state index contributed by atoms with van der Waals surface area (Å²) in [6.45, 7) is 3.98. The number of nitrogens with one attached hydrogen (secondary N) is 1. The van der Waals surface area contributed by atoms with Crippen LogP contribution in [0.1, 0.15) is 35.7 Å². The van der Waals surface area contributed by atoms with Gasteiger partial charge in [-0.25, -0.2) is 0 Å². The number of benzene rings is 1. The van der Waals surface area contributed by atoms with Crippen molar-refractivity contribution in [2.24, 2.45) is 0 Å². The normalized spacial score (nSPS) is 12.2. The van der Waals surface area contributed by atoms with Gasteiger partial charge in [0, 0.05) is 12.1 Å². The van der Waals surface area contributed by atoms with E-state index >= 15 is 0 Å². The van der Waals surface area contributed by atoms with Gasteiger partial charge in [0.1, 0.15) is 5.75 Å². The van der Waals surface area contributed by atoms with E-state index in [0.717, 1.165) is 12.0 Å². The van der Waals surface area contributed by atoms with E-state index in [1.165, 1.54) is 6.07 Å². The lowest BCUT2D eigenvalue weighted by Gasteiger charge is -2.11. The number of hydrogen-bond acceptors (Lipinski definition) is 3. The Balaban J connectivity index is 2.55. The molecule has 0 bridgehead atoms. The van der Waals surface area contributed by atoms with E-state index in [1.807, 2.05) is 6.92 Å². The standard InChI is InChI=1S/C13H19NO3/c1-3-4-11(15)8-14-13(17)10-6-5-9(2)12(16)7-10/h5-7,11,15-16H,3-4,8H2,1-2H3,(H,14,17). The van der Waals surface area contributed by atoms with Crippen molar-refractivity contribution in [3.8, 4) is 5.75 Å². The van der Waals surface area contributed by atoms with Crippen LogP contribution in [-0.4, -0.2) is 28.8 Å². The quantitative estimate of drug-likeness (QED) is 0.728. The summed E-state index contributed by atoms with van der Waals surface area (Å²) in [4.78, 5) is 11.7. The van der Waals surface area contributed by atoms with Crippen molar-refractivity contribution in [2.45, 2.75) is 32.8 Å². The molecule has 0 aliphatic heterocycles. The first-order valence-electron chi connectivity index (χ1n) is 5.80. The van der Waals surface area contributed by atoms with Crippen LogP contribution in [0.15, 0.2) is 18.2 Å². The molecule has 0 aromatic heterocycles. The monoisotopic (exact) mass is 237 g/mol. The fraction of sp³-hybridized carbons (Fsp3) is 0.462. The minimum absolute atomic E-state index is 0.103. The van der Waals surface area contributed by atoms with Crippen LogP contribution < -0.4 is 5.32 Å². The molecule has 1 unspecified atom stereocenters. The van der Waals surface area contributed by atoms with Gasteiger partial charge in [-0.3, -0.25) is 4.79 Å². The van der Waals surface area contributed by atoms with Crippen molar-refractivity contribution >= 4 is 5.91 Å². The van der Waals surface area contributed by atoms with E-state index in [2.05, 4.69) is 5.32 Å². The number of carbonyl (C=O) groups excluding carboxylic acids is 1. The third-order valence-electron chi connectivity index (χ3n) is 2.59. The highest BCUT2D eigenvalue weighted by Gasteiger charge is 2.09. The third kappa shape index (κ3) is 4.07. The van der Waals surface area contributed by atoms with Crippen LogP contribution in [0.2, 0.25) is 0 Å². The highest BCUT2D eigenvalue weighted by molar-refractivity contribution is 5.94. The predicted molar refractivity (Wildman–Crippen MR) is 66.1 cm³/mol. The smallest absolute Gasteiger partial charge is 0.251 e. The maximum absolute atomic E-state index is 11.7. The molecule has 0 fully saturated rings. The van der Waals surface area contributed by atoms with Gasteiger partial charge in [0.15, 0.2) is 0 Å². The minimum atomic E-state index is -0.511. The van der Waals surface area contributed by atoms with E-state index in [1.54, 1.807) is 19.1 Å². The van der Waals surface area contributed by atoms with Crippen LogP contribution in [0.5, 0.6) is 5.75 Å². The SMILES string of the molecule is CCCC(O)CNC(=O)c1ccc(C)c(O)c1. The number of phenolic OH excluding ortho intramolecular Hbond substituents is 1. The lowest BCUT2D eigenvalue weighted by molar-refractivity contribution is 0.0910. The molecular weight excluding hydrogens is 218 g/mol. The van der Waals surface area contributed by atoms with Gasteiger partial charge in [0.2, 0.25) is 0 Å². The molecule has 1 rings (SSSR count). The van der Waals surface area contributed by atoms with Gasteiger partial charge < -0.3 is 15.5 Å². The van der Waals surface area contributed by atoms with Gasteiger partial charge in [-0.2, -0.15) is 0 Å². The molecular formula is C13H19NO3. The molecule has 0 aliphatic carbocycles. The highest BCUT2D eigenvalue weighted by atomic mass is 16.3. The lowest BCUT2D eigenvalue weighted by atomic mass is 10.1. The summed E-state index contributed by atoms with van der Waals surface area (Å²) < 4.78 is 0. The van der Waals surface area contributed by atoms with Gasteiger partial charge in [-0.1, -0.05) is 19.4 Å². The second-order valence-electron chi connectivity index (χ2n) is 4.15. The first-order valence-corrected chi connectivity index (χ1v) is 5.80. The maximum atomic E-state index is 11.7. The zero-order valence-corrected chi connectivity index (χ0v) is 10.2. The van der Waals surface area contributed by atoms with Crippen LogP contribution in [-0.2, 0) is 0 Å². The number of aryl methyl sites for hydroxylation is 1. The number of aliphatic hydroxyl groups excluding tert-OH is 1. The predicted octanol–water partition coefficient (Wildman–Crippen LogP) is 1.59. The molecule has 1 amide bonds. The van der Waals surface area contributed by atoms with E-state index in [4.69, 9.17) is 0 Å². The Bertz CT molecular complexity index is 390. The molecule has 4 heteroatoms. The zero-order valence-electron chi connectivity index (χ0n) is 10.2. The molecule has 0 spiro atoms. The first kappa shape index (κ1) is 13.5. The Morgan fingerprint density at radius 1 is 1.47 bits per heavy atom. The Hall–Kier alpha value is -1.55. The Morgan fingerprint density at radius 3 is 2.76 bits per heavy atom. The molecule has 1 aromatic rings. The van der Waals surface area contributed by atoms with E-state index in [9.17, 15) is 15.0 Å². The Morgan fingerprint density at radius 2 is 2.18 bits per heavy atom. The molecule has 0 saturated carbocycles. The molecule has 0 radical (unpaired) electrons. The summed E-state index contributed by atoms with van der Waals surface area (Å²) in [7, 11) is 0. The Labute approximate surface area is 101 Å². The first-order chi connectivity index (χ1) is 8.04. The Kier molecular flexibility index (Phi) is 4.97. The van der Waals surface area contributed by atoms with Crippen LogP contribution in [0, 0.1) is 6.92 Å². The van der Waals surface area contributed by atoms with Crippen molar-refractivity contribution < 1.29 is 15.0 Å². The van der Waals surface area contributed by atoms with Crippen LogP contribution in [0.4, 0.5) is 0 Å². The average molecular weight is 237 g/mol. The van der Waals surface area contributed by atoms with Gasteiger partial charge in [0.05, 0.1) is 6.10 Å². The number of aliphatic hydroxyl groups is 1. The summed E-state index contributed by atoms with van der Waals surface area (Å²) in [5.41, 5.74) is 1.13. The molecule has 0 heterocycles. The molecule has 4 nitrogen and oxygen atoms in total. The van der Waals surface area contributed by atoms with Crippen molar-refractivity contribution in [3.05, 3.63) is 29.3 Å². The van der Waals surface area contributed by atoms with Crippen LogP contribution in [0.3, 0.4) is 0 Å². The fourth-order valence-corrected chi connectivity index (χ4v) is 1.50. The van der Waals surface area contributed by atoms with E-state index in [-0.39, 0.29) is 18.2 Å². The molecule has 0 saturated heterocycles. The summed E-state index contributed by atoms with van der Waals surface area (Å²) in [5.74, 6) is -0.179. The summed E-state index contributed by atoms with van der Waals surface area (Å²) in [5, 5.41) is 21.6. The largest absolute Gasteiger partial charge is 0.508 e.